The van der Waals surface area contributed by atoms with Crippen LogP contribution in [0.15, 0.2) is 42.5 Å². The fourth-order valence-electron chi connectivity index (χ4n) is 3.75. The number of ether oxygens (including phenoxy) is 2. The second kappa shape index (κ2) is 8.99. The molecule has 0 aliphatic carbocycles. The van der Waals surface area contributed by atoms with E-state index in [9.17, 15) is 9.59 Å². The molecule has 1 aliphatic rings. The van der Waals surface area contributed by atoms with Crippen molar-refractivity contribution < 1.29 is 19.1 Å². The third kappa shape index (κ3) is 4.36. The van der Waals surface area contributed by atoms with Crippen LogP contribution in [0.2, 0.25) is 0 Å². The molecule has 1 heterocycles. The molecular weight excluding hydrogens is 368 g/mol. The predicted molar refractivity (Wildman–Crippen MR) is 113 cm³/mol. The van der Waals surface area contributed by atoms with Gasteiger partial charge in [-0.3, -0.25) is 9.59 Å². The molecule has 6 nitrogen and oxygen atoms in total. The first-order valence-electron chi connectivity index (χ1n) is 9.87. The van der Waals surface area contributed by atoms with Gasteiger partial charge in [-0.25, -0.2) is 0 Å². The highest BCUT2D eigenvalue weighted by atomic mass is 16.5. The van der Waals surface area contributed by atoms with E-state index in [0.717, 1.165) is 17.7 Å². The molecule has 29 heavy (non-hydrogen) atoms. The maximum Gasteiger partial charge on any atom is 0.259 e. The predicted octanol–water partition coefficient (Wildman–Crippen LogP) is 3.44. The smallest absolute Gasteiger partial charge is 0.259 e. The number of anilines is 1. The molecule has 1 aliphatic heterocycles. The normalized spacial score (nSPS) is 13.8. The number of nitrogens with zero attached hydrogens (tertiary/aromatic N) is 1. The van der Waals surface area contributed by atoms with E-state index in [2.05, 4.69) is 5.32 Å². The summed E-state index contributed by atoms with van der Waals surface area (Å²) in [4.78, 5) is 28.3. The second-order valence-electron chi connectivity index (χ2n) is 7.56. The van der Waals surface area contributed by atoms with Gasteiger partial charge in [0.2, 0.25) is 5.91 Å². The van der Waals surface area contributed by atoms with Crippen molar-refractivity contribution in [3.63, 3.8) is 0 Å². The van der Waals surface area contributed by atoms with Gasteiger partial charge in [-0.2, -0.15) is 0 Å². The summed E-state index contributed by atoms with van der Waals surface area (Å²) in [5.74, 6) is 0.575. The van der Waals surface area contributed by atoms with E-state index < -0.39 is 6.04 Å². The Bertz CT molecular complexity index is 872. The largest absolute Gasteiger partial charge is 0.496 e. The van der Waals surface area contributed by atoms with Crippen molar-refractivity contribution in [2.24, 2.45) is 5.92 Å². The zero-order valence-corrected chi connectivity index (χ0v) is 17.4. The Morgan fingerprint density at radius 1 is 1.03 bits per heavy atom. The molecule has 6 heteroatoms. The fourth-order valence-corrected chi connectivity index (χ4v) is 3.75. The fraction of sp³-hybridized carbons (Fsp3) is 0.391. The molecule has 2 amide bonds. The number of amides is 2. The van der Waals surface area contributed by atoms with Crippen molar-refractivity contribution in [1.29, 1.82) is 0 Å². The number of para-hydroxylation sites is 1. The second-order valence-corrected chi connectivity index (χ2v) is 7.56. The SMILES string of the molecule is COc1cccc(OC)c1C(=O)N[C@H](CC(C)C)C(=O)N1CCc2ccccc21. The maximum atomic E-state index is 13.4. The van der Waals surface area contributed by atoms with Crippen molar-refractivity contribution in [2.45, 2.75) is 32.7 Å². The summed E-state index contributed by atoms with van der Waals surface area (Å²) >= 11 is 0. The first-order valence-corrected chi connectivity index (χ1v) is 9.87. The minimum Gasteiger partial charge on any atom is -0.496 e. The molecule has 154 valence electrons. The van der Waals surface area contributed by atoms with Gasteiger partial charge in [0, 0.05) is 12.2 Å². The average molecular weight is 396 g/mol. The minimum atomic E-state index is -0.636. The van der Waals surface area contributed by atoms with Crippen molar-refractivity contribution in [2.75, 3.05) is 25.7 Å². The van der Waals surface area contributed by atoms with Gasteiger partial charge in [0.15, 0.2) is 0 Å². The Hall–Kier alpha value is -3.02. The molecule has 0 spiro atoms. The lowest BCUT2D eigenvalue weighted by molar-refractivity contribution is -0.120. The zero-order chi connectivity index (χ0) is 21.0. The molecule has 0 aromatic heterocycles. The van der Waals surface area contributed by atoms with Crippen LogP contribution in [0.3, 0.4) is 0 Å². The Balaban J connectivity index is 1.87. The molecule has 3 rings (SSSR count). The summed E-state index contributed by atoms with van der Waals surface area (Å²) in [6.07, 6.45) is 1.37. The Morgan fingerprint density at radius 3 is 2.31 bits per heavy atom. The number of carbonyl (C=O) groups excluding carboxylic acids is 2. The first-order chi connectivity index (χ1) is 14.0. The highest BCUT2D eigenvalue weighted by molar-refractivity contribution is 6.05. The van der Waals surface area contributed by atoms with Crippen molar-refractivity contribution in [3.05, 3.63) is 53.6 Å². The number of nitrogens with one attached hydrogen (secondary N) is 1. The van der Waals surface area contributed by atoms with E-state index in [1.54, 1.807) is 23.1 Å². The van der Waals surface area contributed by atoms with Crippen molar-refractivity contribution in [1.82, 2.24) is 5.32 Å². The summed E-state index contributed by atoms with van der Waals surface area (Å²) in [6, 6.07) is 12.4. The van der Waals surface area contributed by atoms with Crippen molar-refractivity contribution in [3.8, 4) is 11.5 Å². The summed E-state index contributed by atoms with van der Waals surface area (Å²) in [7, 11) is 3.01. The molecule has 0 bridgehead atoms. The molecule has 1 atom stereocenters. The lowest BCUT2D eigenvalue weighted by atomic mass is 10.0. The molecule has 0 saturated carbocycles. The van der Waals surface area contributed by atoms with E-state index >= 15 is 0 Å². The number of methoxy groups -OCH3 is 2. The van der Waals surface area contributed by atoms with Crippen LogP contribution in [0.4, 0.5) is 5.69 Å². The van der Waals surface area contributed by atoms with Crippen LogP contribution < -0.4 is 19.7 Å². The average Bonchev–Trinajstić information content (AvgIpc) is 3.15. The third-order valence-electron chi connectivity index (χ3n) is 5.12. The van der Waals surface area contributed by atoms with E-state index in [4.69, 9.17) is 9.47 Å². The van der Waals surface area contributed by atoms with Gasteiger partial charge in [-0.05, 0) is 42.5 Å². The van der Waals surface area contributed by atoms with Gasteiger partial charge in [-0.15, -0.1) is 0 Å². The Labute approximate surface area is 171 Å². The van der Waals surface area contributed by atoms with Crippen LogP contribution in [0, 0.1) is 5.92 Å². The Morgan fingerprint density at radius 2 is 1.69 bits per heavy atom. The minimum absolute atomic E-state index is 0.0918. The number of rotatable bonds is 7. The highest BCUT2D eigenvalue weighted by Crippen LogP contribution is 2.30. The van der Waals surface area contributed by atoms with Crippen LogP contribution in [-0.4, -0.2) is 38.6 Å². The lowest BCUT2D eigenvalue weighted by Crippen LogP contribution is -2.49. The zero-order valence-electron chi connectivity index (χ0n) is 17.4. The standard InChI is InChI=1S/C23H28N2O4/c1-15(2)14-17(23(27)25-13-12-16-8-5-6-9-18(16)25)24-22(26)21-19(28-3)10-7-11-20(21)29-4/h5-11,15,17H,12-14H2,1-4H3,(H,24,26)/t17-/m1/s1. The summed E-state index contributed by atoms with van der Waals surface area (Å²) in [5, 5.41) is 2.93. The van der Waals surface area contributed by atoms with Crippen molar-refractivity contribution >= 4 is 17.5 Å². The highest BCUT2D eigenvalue weighted by Gasteiger charge is 2.32. The number of carbonyl (C=O) groups is 2. The lowest BCUT2D eigenvalue weighted by Gasteiger charge is -2.26. The van der Waals surface area contributed by atoms with Gasteiger partial charge in [0.25, 0.3) is 5.91 Å². The number of benzene rings is 2. The van der Waals surface area contributed by atoms with E-state index in [-0.39, 0.29) is 17.7 Å². The molecule has 2 aromatic carbocycles. The molecule has 0 fully saturated rings. The summed E-state index contributed by atoms with van der Waals surface area (Å²) in [6.45, 7) is 4.70. The number of hydrogen-bond acceptors (Lipinski definition) is 4. The van der Waals surface area contributed by atoms with Crippen LogP contribution in [0.1, 0.15) is 36.2 Å². The topological polar surface area (TPSA) is 67.9 Å². The molecular formula is C23H28N2O4. The molecule has 0 unspecified atom stereocenters. The molecule has 2 aromatic rings. The number of hydrogen-bond donors (Lipinski definition) is 1. The van der Waals surface area contributed by atoms with Gasteiger partial charge in [-0.1, -0.05) is 38.1 Å². The van der Waals surface area contributed by atoms with E-state index in [0.29, 0.717) is 30.0 Å². The van der Waals surface area contributed by atoms with Crippen LogP contribution >= 0.6 is 0 Å². The van der Waals surface area contributed by atoms with Gasteiger partial charge in [0.05, 0.1) is 14.2 Å². The summed E-state index contributed by atoms with van der Waals surface area (Å²) < 4.78 is 10.7. The van der Waals surface area contributed by atoms with Crippen LogP contribution in [-0.2, 0) is 11.2 Å². The maximum absolute atomic E-state index is 13.4. The molecule has 1 N–H and O–H groups in total. The van der Waals surface area contributed by atoms with Gasteiger partial charge in [0.1, 0.15) is 23.1 Å². The van der Waals surface area contributed by atoms with Gasteiger partial charge < -0.3 is 19.7 Å². The molecule has 0 saturated heterocycles. The third-order valence-corrected chi connectivity index (χ3v) is 5.12. The summed E-state index contributed by atoms with van der Waals surface area (Å²) in [5.41, 5.74) is 2.37. The van der Waals surface area contributed by atoms with Gasteiger partial charge >= 0.3 is 0 Å². The monoisotopic (exact) mass is 396 g/mol. The quantitative estimate of drug-likeness (QED) is 0.779. The van der Waals surface area contributed by atoms with Crippen LogP contribution in [0.5, 0.6) is 11.5 Å². The Kier molecular flexibility index (Phi) is 6.42. The van der Waals surface area contributed by atoms with Crippen LogP contribution in [0.25, 0.3) is 0 Å². The number of fused-ring (bicyclic) bond motifs is 1. The first kappa shape index (κ1) is 20.7. The van der Waals surface area contributed by atoms with E-state index in [1.807, 2.05) is 38.1 Å². The molecule has 0 radical (unpaired) electrons. The van der Waals surface area contributed by atoms with E-state index in [1.165, 1.54) is 14.2 Å².